The Labute approximate surface area is 54.9 Å². The summed E-state index contributed by atoms with van der Waals surface area (Å²) in [5, 5.41) is 0. The first-order valence-electron chi connectivity index (χ1n) is 3.42. The van der Waals surface area contributed by atoms with Crippen LogP contribution in [0.2, 0.25) is 19.1 Å². The van der Waals surface area contributed by atoms with Gasteiger partial charge in [0.15, 0.2) is 0 Å². The third-order valence-corrected chi connectivity index (χ3v) is 3.06. The number of rotatable bonds is 1. The van der Waals surface area contributed by atoms with Gasteiger partial charge in [0, 0.05) is 8.80 Å². The van der Waals surface area contributed by atoms with Crippen LogP contribution < -0.4 is 0 Å². The molecular formula is C7H18Si. The van der Waals surface area contributed by atoms with Crippen molar-refractivity contribution in [1.29, 1.82) is 0 Å². The average molecular weight is 130 g/mol. The molecule has 0 aromatic rings. The lowest BCUT2D eigenvalue weighted by Crippen LogP contribution is -2.13. The minimum atomic E-state index is -0.296. The Balaban J connectivity index is 3.39. The highest BCUT2D eigenvalue weighted by atomic mass is 28.3. The van der Waals surface area contributed by atoms with E-state index in [0.29, 0.717) is 5.41 Å². The van der Waals surface area contributed by atoms with Gasteiger partial charge in [0.05, 0.1) is 0 Å². The van der Waals surface area contributed by atoms with Crippen LogP contribution in [0, 0.1) is 5.41 Å². The van der Waals surface area contributed by atoms with Crippen LogP contribution in [0.4, 0.5) is 0 Å². The normalized spacial score (nSPS) is 12.8. The van der Waals surface area contributed by atoms with Crippen LogP contribution in [0.1, 0.15) is 20.8 Å². The van der Waals surface area contributed by atoms with Crippen molar-refractivity contribution in [2.24, 2.45) is 5.41 Å². The molecule has 0 nitrogen and oxygen atoms in total. The molecule has 0 rings (SSSR count). The zero-order valence-electron chi connectivity index (χ0n) is 6.78. The van der Waals surface area contributed by atoms with Crippen molar-refractivity contribution >= 4 is 8.80 Å². The second kappa shape index (κ2) is 2.67. The van der Waals surface area contributed by atoms with E-state index in [0.717, 1.165) is 0 Å². The van der Waals surface area contributed by atoms with E-state index in [-0.39, 0.29) is 8.80 Å². The smallest absolute Gasteiger partial charge is 0.0310 e. The highest BCUT2D eigenvalue weighted by Gasteiger charge is 2.11. The van der Waals surface area contributed by atoms with Gasteiger partial charge in [-0.2, -0.15) is 0 Å². The van der Waals surface area contributed by atoms with Gasteiger partial charge in [-0.25, -0.2) is 0 Å². The molecule has 0 N–H and O–H groups in total. The largest absolute Gasteiger partial charge is 0.0722 e. The van der Waals surface area contributed by atoms with Gasteiger partial charge >= 0.3 is 0 Å². The van der Waals surface area contributed by atoms with E-state index in [1.54, 1.807) is 0 Å². The summed E-state index contributed by atoms with van der Waals surface area (Å²) in [7, 11) is -0.296. The summed E-state index contributed by atoms with van der Waals surface area (Å²) < 4.78 is 0. The summed E-state index contributed by atoms with van der Waals surface area (Å²) in [4.78, 5) is 0. The first-order valence-corrected chi connectivity index (χ1v) is 6.54. The molecule has 8 heavy (non-hydrogen) atoms. The van der Waals surface area contributed by atoms with E-state index in [1.807, 2.05) is 0 Å². The minimum absolute atomic E-state index is 0.296. The van der Waals surface area contributed by atoms with Crippen molar-refractivity contribution < 1.29 is 0 Å². The van der Waals surface area contributed by atoms with Crippen molar-refractivity contribution in [1.82, 2.24) is 0 Å². The highest BCUT2D eigenvalue weighted by molar-refractivity contribution is 6.55. The maximum atomic E-state index is 2.41. The standard InChI is InChI=1S/C7H18Si/c1-7(2,3)6-8(4)5/h8H,6H2,1-5H3. The first-order chi connectivity index (χ1) is 3.42. The lowest BCUT2D eigenvalue weighted by Gasteiger charge is -2.19. The molecule has 0 saturated carbocycles. The molecule has 0 aliphatic heterocycles. The Morgan fingerprint density at radius 3 is 1.50 bits per heavy atom. The Kier molecular flexibility index (Phi) is 2.74. The van der Waals surface area contributed by atoms with Crippen molar-refractivity contribution in [2.45, 2.75) is 39.9 Å². The molecule has 0 spiro atoms. The molecular weight excluding hydrogens is 112 g/mol. The van der Waals surface area contributed by atoms with Crippen LogP contribution in [-0.4, -0.2) is 8.80 Å². The molecule has 0 aromatic carbocycles. The highest BCUT2D eigenvalue weighted by Crippen LogP contribution is 2.20. The third kappa shape index (κ3) is 6.22. The van der Waals surface area contributed by atoms with Gasteiger partial charge < -0.3 is 0 Å². The van der Waals surface area contributed by atoms with Crippen LogP contribution in [0.5, 0.6) is 0 Å². The molecule has 1 heteroatoms. The quantitative estimate of drug-likeness (QED) is 0.478. The van der Waals surface area contributed by atoms with Crippen molar-refractivity contribution in [2.75, 3.05) is 0 Å². The Hall–Kier alpha value is 0.217. The van der Waals surface area contributed by atoms with Gasteiger partial charge in [0.1, 0.15) is 0 Å². The van der Waals surface area contributed by atoms with E-state index in [2.05, 4.69) is 33.9 Å². The number of hydrogen-bond donors (Lipinski definition) is 0. The molecule has 0 saturated heterocycles. The molecule has 0 aliphatic carbocycles. The third-order valence-electron chi connectivity index (χ3n) is 1.02. The first kappa shape index (κ1) is 8.22. The van der Waals surface area contributed by atoms with E-state index in [4.69, 9.17) is 0 Å². The summed E-state index contributed by atoms with van der Waals surface area (Å²) in [5.74, 6) is 0. The Morgan fingerprint density at radius 2 is 1.50 bits per heavy atom. The van der Waals surface area contributed by atoms with Crippen molar-refractivity contribution in [3.63, 3.8) is 0 Å². The summed E-state index contributed by atoms with van der Waals surface area (Å²) in [5.41, 5.74) is 0.584. The maximum Gasteiger partial charge on any atom is 0.0310 e. The predicted molar refractivity (Wildman–Crippen MR) is 43.1 cm³/mol. The van der Waals surface area contributed by atoms with Crippen LogP contribution in [0.25, 0.3) is 0 Å². The van der Waals surface area contributed by atoms with Gasteiger partial charge in [-0.05, 0) is 5.41 Å². The fourth-order valence-electron chi connectivity index (χ4n) is 1.22. The van der Waals surface area contributed by atoms with Gasteiger partial charge in [-0.15, -0.1) is 0 Å². The fraction of sp³-hybridized carbons (Fsp3) is 1.00. The molecule has 0 amide bonds. The van der Waals surface area contributed by atoms with Crippen LogP contribution in [0.3, 0.4) is 0 Å². The van der Waals surface area contributed by atoms with E-state index < -0.39 is 0 Å². The SMILES string of the molecule is C[SiH](C)CC(C)(C)C. The van der Waals surface area contributed by atoms with E-state index in [9.17, 15) is 0 Å². The molecule has 0 heterocycles. The molecule has 0 fully saturated rings. The summed E-state index contributed by atoms with van der Waals surface area (Å²) in [6, 6.07) is 1.47. The second-order valence-electron chi connectivity index (χ2n) is 4.16. The molecule has 50 valence electrons. The molecule has 0 unspecified atom stereocenters. The Bertz CT molecular complexity index is 59.3. The minimum Gasteiger partial charge on any atom is -0.0722 e. The van der Waals surface area contributed by atoms with Crippen LogP contribution >= 0.6 is 0 Å². The number of hydrogen-bond acceptors (Lipinski definition) is 0. The molecule has 0 atom stereocenters. The van der Waals surface area contributed by atoms with Gasteiger partial charge in [0.2, 0.25) is 0 Å². The zero-order chi connectivity index (χ0) is 6.78. The van der Waals surface area contributed by atoms with E-state index >= 15 is 0 Å². The summed E-state index contributed by atoms with van der Waals surface area (Å²) in [6.07, 6.45) is 0. The topological polar surface area (TPSA) is 0 Å². The van der Waals surface area contributed by atoms with Gasteiger partial charge in [0.25, 0.3) is 0 Å². The average Bonchev–Trinajstić information content (AvgIpc) is 1.21. The lowest BCUT2D eigenvalue weighted by molar-refractivity contribution is 0.465. The second-order valence-corrected chi connectivity index (χ2v) is 7.35. The van der Waals surface area contributed by atoms with Gasteiger partial charge in [-0.1, -0.05) is 39.9 Å². The van der Waals surface area contributed by atoms with Crippen molar-refractivity contribution in [3.05, 3.63) is 0 Å². The molecule has 0 aliphatic rings. The van der Waals surface area contributed by atoms with E-state index in [1.165, 1.54) is 6.04 Å². The van der Waals surface area contributed by atoms with Gasteiger partial charge in [-0.3, -0.25) is 0 Å². The monoisotopic (exact) mass is 130 g/mol. The Morgan fingerprint density at radius 1 is 1.12 bits per heavy atom. The summed E-state index contributed by atoms with van der Waals surface area (Å²) >= 11 is 0. The predicted octanol–water partition coefficient (Wildman–Crippen LogP) is 2.52. The van der Waals surface area contributed by atoms with Crippen molar-refractivity contribution in [3.8, 4) is 0 Å². The fourth-order valence-corrected chi connectivity index (χ4v) is 3.67. The molecule has 0 radical (unpaired) electrons. The summed E-state index contributed by atoms with van der Waals surface area (Å²) in [6.45, 7) is 11.8. The van der Waals surface area contributed by atoms with Crippen LogP contribution in [-0.2, 0) is 0 Å². The van der Waals surface area contributed by atoms with Crippen LogP contribution in [0.15, 0.2) is 0 Å². The molecule has 0 bridgehead atoms. The lowest BCUT2D eigenvalue weighted by atomic mass is 10.0. The molecule has 0 aromatic heterocycles. The maximum absolute atomic E-state index is 2.41. The zero-order valence-corrected chi connectivity index (χ0v) is 7.94.